The normalized spacial score (nSPS) is 21.2. The predicted molar refractivity (Wildman–Crippen MR) is 114 cm³/mol. The van der Waals surface area contributed by atoms with E-state index in [2.05, 4.69) is 56.3 Å². The fourth-order valence-corrected chi connectivity index (χ4v) is 3.31. The molecule has 0 saturated carbocycles. The van der Waals surface area contributed by atoms with Crippen LogP contribution in [0.3, 0.4) is 0 Å². The van der Waals surface area contributed by atoms with Crippen LogP contribution in [0.15, 0.2) is 12.4 Å². The van der Waals surface area contributed by atoms with E-state index in [0.29, 0.717) is 24.0 Å². The van der Waals surface area contributed by atoms with E-state index >= 15 is 0 Å². The predicted octanol–water partition coefficient (Wildman–Crippen LogP) is 2.70. The molecular weight excluding hydrogens is 338 g/mol. The van der Waals surface area contributed by atoms with Gasteiger partial charge in [0.15, 0.2) is 0 Å². The Hall–Kier alpha value is -0.950. The van der Waals surface area contributed by atoms with Crippen LogP contribution in [0.5, 0.6) is 0 Å². The van der Waals surface area contributed by atoms with Gasteiger partial charge in [0, 0.05) is 63.1 Å². The largest absolute Gasteiger partial charge is 0.379 e. The van der Waals surface area contributed by atoms with Crippen molar-refractivity contribution >= 4 is 0 Å². The van der Waals surface area contributed by atoms with E-state index in [9.17, 15) is 0 Å². The van der Waals surface area contributed by atoms with Crippen LogP contribution >= 0.6 is 0 Å². The van der Waals surface area contributed by atoms with Crippen molar-refractivity contribution in [1.29, 1.82) is 0 Å². The Balaban J connectivity index is 0.000000202. The highest BCUT2D eigenvalue weighted by molar-refractivity contribution is 4.95. The molecule has 3 rings (SSSR count). The van der Waals surface area contributed by atoms with Crippen molar-refractivity contribution < 1.29 is 4.74 Å². The maximum Gasteiger partial charge on any atom is 0.110 e. The minimum Gasteiger partial charge on any atom is -0.379 e. The average molecular weight is 382 g/mol. The van der Waals surface area contributed by atoms with E-state index in [1.807, 2.05) is 24.0 Å². The highest BCUT2D eigenvalue weighted by atomic mass is 16.5. The van der Waals surface area contributed by atoms with E-state index < -0.39 is 0 Å². The summed E-state index contributed by atoms with van der Waals surface area (Å²) in [5.41, 5.74) is 5.72. The first-order valence-corrected chi connectivity index (χ1v) is 10.5. The van der Waals surface area contributed by atoms with Crippen LogP contribution in [0, 0.1) is 0 Å². The smallest absolute Gasteiger partial charge is 0.110 e. The Morgan fingerprint density at radius 3 is 1.85 bits per heavy atom. The molecule has 2 aliphatic heterocycles. The maximum atomic E-state index is 5.72. The van der Waals surface area contributed by atoms with E-state index in [1.165, 1.54) is 13.0 Å². The van der Waals surface area contributed by atoms with Crippen molar-refractivity contribution in [2.75, 3.05) is 39.4 Å². The average Bonchev–Trinajstić information content (AvgIpc) is 3.25. The van der Waals surface area contributed by atoms with Crippen LogP contribution in [0.2, 0.25) is 0 Å². The molecule has 158 valence electrons. The lowest BCUT2D eigenvalue weighted by Gasteiger charge is -2.29. The molecule has 0 amide bonds. The molecule has 0 aromatic carbocycles. The molecule has 0 radical (unpaired) electrons. The molecule has 2 saturated heterocycles. The van der Waals surface area contributed by atoms with Gasteiger partial charge in [0.1, 0.15) is 5.82 Å². The summed E-state index contributed by atoms with van der Waals surface area (Å²) in [7, 11) is 2.02. The fourth-order valence-electron chi connectivity index (χ4n) is 3.31. The molecule has 1 aromatic rings. The lowest BCUT2D eigenvalue weighted by atomic mass is 10.2. The summed E-state index contributed by atoms with van der Waals surface area (Å²) in [6.07, 6.45) is 4.98. The molecular formula is C21H43N5O. The number of ether oxygens (including phenoxy) is 1. The quantitative estimate of drug-likeness (QED) is 0.872. The van der Waals surface area contributed by atoms with Crippen molar-refractivity contribution in [3.05, 3.63) is 18.2 Å². The van der Waals surface area contributed by atoms with Crippen molar-refractivity contribution in [2.24, 2.45) is 12.8 Å². The summed E-state index contributed by atoms with van der Waals surface area (Å²) >= 11 is 0. The molecule has 2 aliphatic rings. The molecule has 3 heterocycles. The van der Waals surface area contributed by atoms with Gasteiger partial charge in [-0.05, 0) is 40.7 Å². The van der Waals surface area contributed by atoms with Gasteiger partial charge in [0.2, 0.25) is 0 Å². The molecule has 0 spiro atoms. The summed E-state index contributed by atoms with van der Waals surface area (Å²) < 4.78 is 7.25. The van der Waals surface area contributed by atoms with Crippen LogP contribution in [0.1, 0.15) is 59.7 Å². The minimum atomic E-state index is 0.437. The van der Waals surface area contributed by atoms with Crippen LogP contribution in [0.4, 0.5) is 0 Å². The van der Waals surface area contributed by atoms with Crippen LogP contribution < -0.4 is 5.73 Å². The summed E-state index contributed by atoms with van der Waals surface area (Å²) in [6, 6.07) is 1.81. The molecule has 0 bridgehead atoms. The third-order valence-electron chi connectivity index (χ3n) is 5.14. The summed E-state index contributed by atoms with van der Waals surface area (Å²) in [6.45, 7) is 19.5. The van der Waals surface area contributed by atoms with Crippen molar-refractivity contribution in [1.82, 2.24) is 19.4 Å². The Kier molecular flexibility index (Phi) is 11.1. The van der Waals surface area contributed by atoms with Gasteiger partial charge in [-0.1, -0.05) is 13.8 Å². The number of likely N-dealkylation sites (tertiary alicyclic amines) is 1. The number of nitrogens with zero attached hydrogens (tertiary/aromatic N) is 4. The number of hydrogen-bond acceptors (Lipinski definition) is 5. The second kappa shape index (κ2) is 12.5. The van der Waals surface area contributed by atoms with Gasteiger partial charge in [-0.15, -0.1) is 0 Å². The first kappa shape index (κ1) is 24.1. The Bertz CT molecular complexity index is 486. The summed E-state index contributed by atoms with van der Waals surface area (Å²) in [5.74, 6) is 1.68. The van der Waals surface area contributed by atoms with E-state index in [1.54, 1.807) is 0 Å². The molecule has 1 atom stereocenters. The van der Waals surface area contributed by atoms with Crippen LogP contribution in [-0.2, 0) is 11.8 Å². The van der Waals surface area contributed by atoms with Gasteiger partial charge >= 0.3 is 0 Å². The summed E-state index contributed by atoms with van der Waals surface area (Å²) in [4.78, 5) is 9.03. The Labute approximate surface area is 167 Å². The Morgan fingerprint density at radius 1 is 1.00 bits per heavy atom. The van der Waals surface area contributed by atoms with Crippen molar-refractivity contribution in [2.45, 2.75) is 72.0 Å². The first-order valence-electron chi connectivity index (χ1n) is 10.5. The molecule has 2 fully saturated rings. The third-order valence-corrected chi connectivity index (χ3v) is 5.14. The number of morpholine rings is 1. The van der Waals surface area contributed by atoms with Gasteiger partial charge in [-0.3, -0.25) is 9.80 Å². The SMILES string of the molecule is CC(C)N1CCOCC1.CC(C)N1CC[C@H](N)C1.CC(C)c1nccn1C. The second-order valence-corrected chi connectivity index (χ2v) is 8.43. The molecule has 1 aromatic heterocycles. The molecule has 27 heavy (non-hydrogen) atoms. The number of rotatable bonds is 3. The second-order valence-electron chi connectivity index (χ2n) is 8.43. The van der Waals surface area contributed by atoms with Gasteiger partial charge in [0.05, 0.1) is 13.2 Å². The zero-order chi connectivity index (χ0) is 20.4. The molecule has 2 N–H and O–H groups in total. The van der Waals surface area contributed by atoms with Crippen molar-refractivity contribution in [3.63, 3.8) is 0 Å². The highest BCUT2D eigenvalue weighted by Gasteiger charge is 2.20. The third kappa shape index (κ3) is 9.19. The van der Waals surface area contributed by atoms with Gasteiger partial charge < -0.3 is 15.0 Å². The monoisotopic (exact) mass is 381 g/mol. The van der Waals surface area contributed by atoms with Gasteiger partial charge in [0.25, 0.3) is 0 Å². The topological polar surface area (TPSA) is 59.6 Å². The number of imidazole rings is 1. The molecule has 6 nitrogen and oxygen atoms in total. The molecule has 0 aliphatic carbocycles. The zero-order valence-corrected chi connectivity index (χ0v) is 18.7. The van der Waals surface area contributed by atoms with Gasteiger partial charge in [-0.2, -0.15) is 0 Å². The standard InChI is InChI=1S/C7H12N2.C7H16N2.C7H15NO/c1-6(2)7-8-4-5-9(7)3;1-6(2)9-4-3-7(8)5-9;1-7(2)8-3-5-9-6-4-8/h4-6H,1-3H3;6-7H,3-5,8H2,1-2H3;7H,3-6H2,1-2H3/t;7-;/m.0./s1. The number of aromatic nitrogens is 2. The lowest BCUT2D eigenvalue weighted by Crippen LogP contribution is -2.40. The highest BCUT2D eigenvalue weighted by Crippen LogP contribution is 2.10. The van der Waals surface area contributed by atoms with E-state index in [-0.39, 0.29) is 0 Å². The molecule has 6 heteroatoms. The number of nitrogens with two attached hydrogens (primary N) is 1. The van der Waals surface area contributed by atoms with Crippen LogP contribution in [-0.4, -0.2) is 76.9 Å². The van der Waals surface area contributed by atoms with Crippen molar-refractivity contribution in [3.8, 4) is 0 Å². The van der Waals surface area contributed by atoms with E-state index in [4.69, 9.17) is 10.5 Å². The lowest BCUT2D eigenvalue weighted by molar-refractivity contribution is 0.0238. The number of aryl methyl sites for hydroxylation is 1. The summed E-state index contributed by atoms with van der Waals surface area (Å²) in [5, 5.41) is 0. The first-order chi connectivity index (χ1) is 12.7. The van der Waals surface area contributed by atoms with E-state index in [0.717, 1.165) is 38.7 Å². The van der Waals surface area contributed by atoms with Gasteiger partial charge in [-0.25, -0.2) is 4.98 Å². The fraction of sp³-hybridized carbons (Fsp3) is 0.857. The van der Waals surface area contributed by atoms with Crippen LogP contribution in [0.25, 0.3) is 0 Å². The minimum absolute atomic E-state index is 0.437. The number of hydrogen-bond donors (Lipinski definition) is 1. The maximum absolute atomic E-state index is 5.72. The zero-order valence-electron chi connectivity index (χ0n) is 18.7. The molecule has 0 unspecified atom stereocenters. The Morgan fingerprint density at radius 2 is 1.59 bits per heavy atom.